The summed E-state index contributed by atoms with van der Waals surface area (Å²) in [7, 11) is 0. The molecule has 0 atom stereocenters. The van der Waals surface area contributed by atoms with Gasteiger partial charge in [0, 0.05) is 6.54 Å². The summed E-state index contributed by atoms with van der Waals surface area (Å²) in [6, 6.07) is 0. The van der Waals surface area contributed by atoms with Crippen molar-refractivity contribution in [3.05, 3.63) is 5.01 Å². The number of halogens is 2. The molecule has 1 aromatic heterocycles. The van der Waals surface area contributed by atoms with Crippen molar-refractivity contribution in [2.45, 2.75) is 26.4 Å². The molecule has 0 radical (unpaired) electrons. The molecule has 0 aliphatic rings. The standard InChI is InChI=1S/C8H13F2N3OS/c1-2-3-11-8-13-12-7(15-8)5-14-4-6(9)10/h6H,2-5H2,1H3,(H,11,13). The quantitative estimate of drug-likeness (QED) is 0.789. The molecule has 1 rings (SSSR count). The number of alkyl halides is 2. The van der Waals surface area contributed by atoms with Crippen LogP contribution in [0, 0.1) is 0 Å². The van der Waals surface area contributed by atoms with Crippen molar-refractivity contribution in [2.75, 3.05) is 18.5 Å². The lowest BCUT2D eigenvalue weighted by Crippen LogP contribution is -2.03. The lowest BCUT2D eigenvalue weighted by atomic mass is 10.5. The monoisotopic (exact) mass is 237 g/mol. The Hall–Kier alpha value is -0.820. The van der Waals surface area contributed by atoms with Crippen molar-refractivity contribution in [3.8, 4) is 0 Å². The van der Waals surface area contributed by atoms with E-state index in [1.807, 2.05) is 6.92 Å². The first-order valence-electron chi connectivity index (χ1n) is 4.64. The zero-order chi connectivity index (χ0) is 11.1. The fourth-order valence-corrected chi connectivity index (χ4v) is 1.55. The van der Waals surface area contributed by atoms with Crippen LogP contribution in [0.5, 0.6) is 0 Å². The van der Waals surface area contributed by atoms with Crippen molar-refractivity contribution >= 4 is 16.5 Å². The van der Waals surface area contributed by atoms with E-state index in [2.05, 4.69) is 15.5 Å². The molecule has 15 heavy (non-hydrogen) atoms. The number of nitrogens with zero attached hydrogens (tertiary/aromatic N) is 2. The zero-order valence-corrected chi connectivity index (χ0v) is 9.19. The molecule has 0 aliphatic heterocycles. The van der Waals surface area contributed by atoms with Gasteiger partial charge in [0.15, 0.2) is 0 Å². The lowest BCUT2D eigenvalue weighted by molar-refractivity contribution is 0.00968. The van der Waals surface area contributed by atoms with E-state index in [9.17, 15) is 8.78 Å². The highest BCUT2D eigenvalue weighted by Gasteiger charge is 2.06. The van der Waals surface area contributed by atoms with Gasteiger partial charge < -0.3 is 10.1 Å². The molecule has 1 heterocycles. The molecule has 0 aromatic carbocycles. The van der Waals surface area contributed by atoms with E-state index in [0.29, 0.717) is 10.1 Å². The predicted octanol–water partition coefficient (Wildman–Crippen LogP) is 2.14. The van der Waals surface area contributed by atoms with Gasteiger partial charge in [-0.2, -0.15) is 0 Å². The van der Waals surface area contributed by atoms with E-state index >= 15 is 0 Å². The molecular weight excluding hydrogens is 224 g/mol. The largest absolute Gasteiger partial charge is 0.368 e. The van der Waals surface area contributed by atoms with Crippen molar-refractivity contribution in [3.63, 3.8) is 0 Å². The van der Waals surface area contributed by atoms with Gasteiger partial charge in [0.1, 0.15) is 18.2 Å². The third kappa shape index (κ3) is 4.98. The van der Waals surface area contributed by atoms with Crippen molar-refractivity contribution < 1.29 is 13.5 Å². The van der Waals surface area contributed by atoms with Gasteiger partial charge >= 0.3 is 0 Å². The molecule has 0 amide bonds. The minimum atomic E-state index is -2.43. The average molecular weight is 237 g/mol. The van der Waals surface area contributed by atoms with Crippen molar-refractivity contribution in [1.82, 2.24) is 10.2 Å². The topological polar surface area (TPSA) is 47.0 Å². The first-order chi connectivity index (χ1) is 7.22. The molecule has 4 nitrogen and oxygen atoms in total. The number of hydrogen-bond donors (Lipinski definition) is 1. The molecular formula is C8H13F2N3OS. The van der Waals surface area contributed by atoms with Crippen LogP contribution in [-0.4, -0.2) is 29.8 Å². The average Bonchev–Trinajstić information content (AvgIpc) is 2.62. The number of aromatic nitrogens is 2. The van der Waals surface area contributed by atoms with E-state index in [4.69, 9.17) is 4.74 Å². The first kappa shape index (κ1) is 12.3. The fraction of sp³-hybridized carbons (Fsp3) is 0.750. The van der Waals surface area contributed by atoms with Crippen LogP contribution in [0.2, 0.25) is 0 Å². The molecule has 0 spiro atoms. The van der Waals surface area contributed by atoms with Crippen LogP contribution in [0.3, 0.4) is 0 Å². The Morgan fingerprint density at radius 2 is 2.27 bits per heavy atom. The Labute approximate surface area is 90.7 Å². The summed E-state index contributed by atoms with van der Waals surface area (Å²) in [5.41, 5.74) is 0. The molecule has 0 bridgehead atoms. The van der Waals surface area contributed by atoms with E-state index < -0.39 is 13.0 Å². The van der Waals surface area contributed by atoms with E-state index in [-0.39, 0.29) is 6.61 Å². The van der Waals surface area contributed by atoms with Crippen LogP contribution in [0.25, 0.3) is 0 Å². The molecule has 0 saturated carbocycles. The summed E-state index contributed by atoms with van der Waals surface area (Å²) < 4.78 is 28.2. The Morgan fingerprint density at radius 1 is 1.47 bits per heavy atom. The maximum atomic E-state index is 11.7. The number of rotatable bonds is 7. The van der Waals surface area contributed by atoms with Crippen LogP contribution >= 0.6 is 11.3 Å². The minimum Gasteiger partial charge on any atom is -0.368 e. The highest BCUT2D eigenvalue weighted by molar-refractivity contribution is 7.15. The summed E-state index contributed by atoms with van der Waals surface area (Å²) >= 11 is 1.32. The second-order valence-electron chi connectivity index (χ2n) is 2.83. The summed E-state index contributed by atoms with van der Waals surface area (Å²) in [6.07, 6.45) is -1.44. The van der Waals surface area contributed by atoms with Gasteiger partial charge in [0.2, 0.25) is 5.13 Å². The molecule has 0 unspecified atom stereocenters. The molecule has 0 saturated heterocycles. The highest BCUT2D eigenvalue weighted by Crippen LogP contribution is 2.15. The summed E-state index contributed by atoms with van der Waals surface area (Å²) in [6.45, 7) is 2.40. The SMILES string of the molecule is CCCNc1nnc(COCC(F)F)s1. The molecule has 0 fully saturated rings. The van der Waals surface area contributed by atoms with Gasteiger partial charge in [-0.15, -0.1) is 10.2 Å². The normalized spacial score (nSPS) is 10.9. The van der Waals surface area contributed by atoms with Gasteiger partial charge in [-0.3, -0.25) is 0 Å². The van der Waals surface area contributed by atoms with Gasteiger partial charge in [0.05, 0.1) is 0 Å². The summed E-state index contributed by atoms with van der Waals surface area (Å²) in [4.78, 5) is 0. The van der Waals surface area contributed by atoms with E-state index in [0.717, 1.165) is 13.0 Å². The van der Waals surface area contributed by atoms with Gasteiger partial charge in [-0.25, -0.2) is 8.78 Å². The molecule has 7 heteroatoms. The number of nitrogens with one attached hydrogen (secondary N) is 1. The molecule has 1 aromatic rings. The third-order valence-electron chi connectivity index (χ3n) is 1.46. The van der Waals surface area contributed by atoms with Gasteiger partial charge in [-0.1, -0.05) is 18.3 Å². The van der Waals surface area contributed by atoms with Gasteiger partial charge in [0.25, 0.3) is 6.43 Å². The van der Waals surface area contributed by atoms with E-state index in [1.54, 1.807) is 0 Å². The molecule has 86 valence electrons. The Kier molecular flexibility index (Phi) is 5.41. The predicted molar refractivity (Wildman–Crippen MR) is 54.3 cm³/mol. The van der Waals surface area contributed by atoms with E-state index in [1.165, 1.54) is 11.3 Å². The van der Waals surface area contributed by atoms with Crippen LogP contribution in [0.1, 0.15) is 18.4 Å². The Balaban J connectivity index is 2.26. The minimum absolute atomic E-state index is 0.0931. The lowest BCUT2D eigenvalue weighted by Gasteiger charge is -1.98. The smallest absolute Gasteiger partial charge is 0.261 e. The number of anilines is 1. The van der Waals surface area contributed by atoms with Crippen LogP contribution in [0.4, 0.5) is 13.9 Å². The maximum Gasteiger partial charge on any atom is 0.261 e. The fourth-order valence-electron chi connectivity index (χ4n) is 0.851. The highest BCUT2D eigenvalue weighted by atomic mass is 32.1. The molecule has 1 N–H and O–H groups in total. The second-order valence-corrected chi connectivity index (χ2v) is 3.90. The van der Waals surface area contributed by atoms with Crippen molar-refractivity contribution in [1.29, 1.82) is 0 Å². The molecule has 0 aliphatic carbocycles. The first-order valence-corrected chi connectivity index (χ1v) is 5.46. The van der Waals surface area contributed by atoms with Crippen LogP contribution in [0.15, 0.2) is 0 Å². The Morgan fingerprint density at radius 3 is 2.93 bits per heavy atom. The maximum absolute atomic E-state index is 11.7. The van der Waals surface area contributed by atoms with Gasteiger partial charge in [-0.05, 0) is 6.42 Å². The van der Waals surface area contributed by atoms with Crippen molar-refractivity contribution in [2.24, 2.45) is 0 Å². The number of hydrogen-bond acceptors (Lipinski definition) is 5. The van der Waals surface area contributed by atoms with Crippen LogP contribution < -0.4 is 5.32 Å². The third-order valence-corrected chi connectivity index (χ3v) is 2.32. The number of ether oxygens (including phenoxy) is 1. The summed E-state index contributed by atoms with van der Waals surface area (Å²) in [5.74, 6) is 0. The van der Waals surface area contributed by atoms with Crippen LogP contribution in [-0.2, 0) is 11.3 Å². The zero-order valence-electron chi connectivity index (χ0n) is 8.37. The second kappa shape index (κ2) is 6.62. The Bertz CT molecular complexity index is 283. The summed E-state index contributed by atoms with van der Waals surface area (Å²) in [5, 5.41) is 12.0.